The second kappa shape index (κ2) is 8.78. The van der Waals surface area contributed by atoms with Gasteiger partial charge in [-0.05, 0) is 37.0 Å². The zero-order valence-electron chi connectivity index (χ0n) is 14.1. The van der Waals surface area contributed by atoms with Crippen molar-refractivity contribution >= 4 is 11.8 Å². The molecule has 1 atom stereocenters. The van der Waals surface area contributed by atoms with E-state index in [0.717, 1.165) is 38.0 Å². The molecular formula is C18H26FN3O2. The second-order valence-corrected chi connectivity index (χ2v) is 6.59. The van der Waals surface area contributed by atoms with E-state index in [9.17, 15) is 14.0 Å². The van der Waals surface area contributed by atoms with E-state index in [1.54, 1.807) is 19.1 Å². The molecule has 0 unspecified atom stereocenters. The Morgan fingerprint density at radius 1 is 1.38 bits per heavy atom. The smallest absolute Gasteiger partial charge is 0.220 e. The van der Waals surface area contributed by atoms with Crippen LogP contribution in [0.2, 0.25) is 0 Å². The van der Waals surface area contributed by atoms with Crippen LogP contribution < -0.4 is 11.1 Å². The van der Waals surface area contributed by atoms with Crippen molar-refractivity contribution in [1.82, 2.24) is 10.2 Å². The average molecular weight is 335 g/mol. The molecule has 2 amide bonds. The number of piperidine rings is 1. The van der Waals surface area contributed by atoms with Gasteiger partial charge in [-0.15, -0.1) is 0 Å². The fourth-order valence-corrected chi connectivity index (χ4v) is 2.92. The van der Waals surface area contributed by atoms with Gasteiger partial charge >= 0.3 is 0 Å². The van der Waals surface area contributed by atoms with Gasteiger partial charge in [0, 0.05) is 38.0 Å². The molecule has 0 saturated carbocycles. The highest BCUT2D eigenvalue weighted by Gasteiger charge is 2.21. The van der Waals surface area contributed by atoms with Crippen LogP contribution in [-0.4, -0.2) is 35.8 Å². The number of likely N-dealkylation sites (tertiary alicyclic amines) is 1. The molecule has 1 aliphatic heterocycles. The van der Waals surface area contributed by atoms with E-state index in [1.807, 2.05) is 6.07 Å². The number of halogens is 1. The summed E-state index contributed by atoms with van der Waals surface area (Å²) in [7, 11) is 0. The van der Waals surface area contributed by atoms with Crippen molar-refractivity contribution in [3.63, 3.8) is 0 Å². The molecule has 24 heavy (non-hydrogen) atoms. The molecule has 1 heterocycles. The van der Waals surface area contributed by atoms with E-state index in [0.29, 0.717) is 12.8 Å². The molecule has 0 aliphatic carbocycles. The number of nitrogens with one attached hydrogen (secondary N) is 1. The molecule has 6 heteroatoms. The normalized spacial score (nSPS) is 17.4. The zero-order chi connectivity index (χ0) is 17.5. The molecule has 5 nitrogen and oxygen atoms in total. The van der Waals surface area contributed by atoms with Gasteiger partial charge in [0.1, 0.15) is 5.82 Å². The maximum atomic E-state index is 13.2. The number of benzene rings is 1. The fraction of sp³-hybridized carbons (Fsp3) is 0.556. The van der Waals surface area contributed by atoms with Crippen LogP contribution in [0.5, 0.6) is 0 Å². The van der Waals surface area contributed by atoms with Crippen LogP contribution in [0.25, 0.3) is 0 Å². The summed E-state index contributed by atoms with van der Waals surface area (Å²) >= 11 is 0. The third-order valence-electron chi connectivity index (χ3n) is 4.54. The van der Waals surface area contributed by atoms with Crippen molar-refractivity contribution in [1.29, 1.82) is 0 Å². The highest BCUT2D eigenvalue weighted by molar-refractivity contribution is 5.79. The van der Waals surface area contributed by atoms with Crippen molar-refractivity contribution in [2.45, 2.75) is 45.2 Å². The van der Waals surface area contributed by atoms with Crippen molar-refractivity contribution < 1.29 is 14.0 Å². The lowest BCUT2D eigenvalue weighted by Gasteiger charge is -2.32. The molecule has 1 fully saturated rings. The van der Waals surface area contributed by atoms with Crippen LogP contribution in [0, 0.1) is 11.7 Å². The summed E-state index contributed by atoms with van der Waals surface area (Å²) in [6.45, 7) is 4.22. The number of hydrogen-bond donors (Lipinski definition) is 2. The second-order valence-electron chi connectivity index (χ2n) is 6.59. The quantitative estimate of drug-likeness (QED) is 0.798. The molecule has 0 radical (unpaired) electrons. The first-order valence-corrected chi connectivity index (χ1v) is 8.49. The van der Waals surface area contributed by atoms with Gasteiger partial charge < -0.3 is 11.1 Å². The van der Waals surface area contributed by atoms with Gasteiger partial charge in [-0.1, -0.05) is 19.1 Å². The fourth-order valence-electron chi connectivity index (χ4n) is 2.92. The molecule has 3 N–H and O–H groups in total. The number of primary amides is 1. The number of carbonyl (C=O) groups is 2. The minimum atomic E-state index is -0.367. The number of carbonyl (C=O) groups excluding carboxylic acids is 2. The maximum absolute atomic E-state index is 13.2. The largest absolute Gasteiger partial charge is 0.369 e. The molecule has 0 bridgehead atoms. The van der Waals surface area contributed by atoms with E-state index in [-0.39, 0.29) is 29.6 Å². The molecule has 1 aromatic rings. The van der Waals surface area contributed by atoms with Crippen molar-refractivity contribution in [2.24, 2.45) is 11.7 Å². The third kappa shape index (κ3) is 5.92. The van der Waals surface area contributed by atoms with Crippen molar-refractivity contribution in [2.75, 3.05) is 13.1 Å². The van der Waals surface area contributed by atoms with Crippen LogP contribution >= 0.6 is 0 Å². The Morgan fingerprint density at radius 3 is 2.71 bits per heavy atom. The third-order valence-corrected chi connectivity index (χ3v) is 4.54. The molecule has 2 rings (SSSR count). The predicted octanol–water partition coefficient (Wildman–Crippen LogP) is 1.81. The number of nitrogens with two attached hydrogens (primary N) is 1. The summed E-state index contributed by atoms with van der Waals surface area (Å²) in [4.78, 5) is 25.2. The molecule has 132 valence electrons. The lowest BCUT2D eigenvalue weighted by molar-refractivity contribution is -0.123. The first-order chi connectivity index (χ1) is 11.4. The Balaban J connectivity index is 1.69. The predicted molar refractivity (Wildman–Crippen MR) is 90.4 cm³/mol. The first-order valence-electron chi connectivity index (χ1n) is 8.49. The Morgan fingerprint density at radius 2 is 2.08 bits per heavy atom. The molecule has 1 aliphatic rings. The van der Waals surface area contributed by atoms with E-state index < -0.39 is 0 Å². The SMILES string of the molecule is C[C@@H](CCC(=O)NC1CCN(Cc2cccc(F)c2)CC1)C(N)=O. The molecule has 1 aromatic carbocycles. The van der Waals surface area contributed by atoms with Crippen molar-refractivity contribution in [3.8, 4) is 0 Å². The minimum Gasteiger partial charge on any atom is -0.369 e. The summed E-state index contributed by atoms with van der Waals surface area (Å²) in [5.74, 6) is -0.871. The van der Waals surface area contributed by atoms with Gasteiger partial charge in [-0.2, -0.15) is 0 Å². The number of hydrogen-bond acceptors (Lipinski definition) is 3. The number of nitrogens with zero attached hydrogens (tertiary/aromatic N) is 1. The van der Waals surface area contributed by atoms with Crippen molar-refractivity contribution in [3.05, 3.63) is 35.6 Å². The number of amides is 2. The Labute approximate surface area is 142 Å². The van der Waals surface area contributed by atoms with Crippen LogP contribution in [0.4, 0.5) is 4.39 Å². The van der Waals surface area contributed by atoms with Gasteiger partial charge in [0.05, 0.1) is 0 Å². The van der Waals surface area contributed by atoms with Gasteiger partial charge in [-0.25, -0.2) is 4.39 Å². The van der Waals surface area contributed by atoms with E-state index in [1.165, 1.54) is 6.07 Å². The van der Waals surface area contributed by atoms with E-state index >= 15 is 0 Å². The topological polar surface area (TPSA) is 75.4 Å². The van der Waals surface area contributed by atoms with E-state index in [4.69, 9.17) is 5.73 Å². The zero-order valence-corrected chi connectivity index (χ0v) is 14.1. The molecule has 0 aromatic heterocycles. The van der Waals surface area contributed by atoms with Gasteiger partial charge in [0.15, 0.2) is 0 Å². The van der Waals surface area contributed by atoms with Gasteiger partial charge in [0.25, 0.3) is 0 Å². The lowest BCUT2D eigenvalue weighted by atomic mass is 10.0. The highest BCUT2D eigenvalue weighted by atomic mass is 19.1. The van der Waals surface area contributed by atoms with Crippen LogP contribution in [0.1, 0.15) is 38.2 Å². The van der Waals surface area contributed by atoms with Crippen LogP contribution in [0.15, 0.2) is 24.3 Å². The monoisotopic (exact) mass is 335 g/mol. The maximum Gasteiger partial charge on any atom is 0.220 e. The Hall–Kier alpha value is -1.95. The van der Waals surface area contributed by atoms with Crippen LogP contribution in [-0.2, 0) is 16.1 Å². The standard InChI is InChI=1S/C18H26FN3O2/c1-13(18(20)24)5-6-17(23)21-16-7-9-22(10-8-16)12-14-3-2-4-15(19)11-14/h2-4,11,13,16H,5-10,12H2,1H3,(H2,20,24)(H,21,23)/t13-/m0/s1. The number of rotatable bonds is 7. The summed E-state index contributed by atoms with van der Waals surface area (Å²) in [5, 5.41) is 3.03. The average Bonchev–Trinajstić information content (AvgIpc) is 2.54. The summed E-state index contributed by atoms with van der Waals surface area (Å²) in [6.07, 6.45) is 2.58. The summed E-state index contributed by atoms with van der Waals surface area (Å²) in [6, 6.07) is 6.84. The minimum absolute atomic E-state index is 0.0216. The summed E-state index contributed by atoms with van der Waals surface area (Å²) in [5.41, 5.74) is 6.16. The first kappa shape index (κ1) is 18.4. The van der Waals surface area contributed by atoms with Crippen LogP contribution in [0.3, 0.4) is 0 Å². The molecular weight excluding hydrogens is 309 g/mol. The van der Waals surface area contributed by atoms with Gasteiger partial charge in [-0.3, -0.25) is 14.5 Å². The Kier molecular flexibility index (Phi) is 6.73. The van der Waals surface area contributed by atoms with E-state index in [2.05, 4.69) is 10.2 Å². The molecule has 0 spiro atoms. The Bertz CT molecular complexity index is 571. The highest BCUT2D eigenvalue weighted by Crippen LogP contribution is 2.15. The molecule has 1 saturated heterocycles. The summed E-state index contributed by atoms with van der Waals surface area (Å²) < 4.78 is 13.2. The lowest BCUT2D eigenvalue weighted by Crippen LogP contribution is -2.44. The van der Waals surface area contributed by atoms with Gasteiger partial charge in [0.2, 0.25) is 11.8 Å².